The molecule has 0 aliphatic carbocycles. The topological polar surface area (TPSA) is 75.1 Å². The van der Waals surface area contributed by atoms with Crippen molar-refractivity contribution in [2.45, 2.75) is 52.5 Å². The minimum atomic E-state index is -0.101. The molecule has 1 aromatic heterocycles. The molecule has 2 rings (SSSR count). The molecule has 1 aromatic rings. The highest BCUT2D eigenvalue weighted by Crippen LogP contribution is 2.20. The molecule has 2 N–H and O–H groups in total. The Morgan fingerprint density at radius 3 is 2.67 bits per heavy atom. The number of piperidine rings is 1. The van der Waals surface area contributed by atoms with Crippen LogP contribution in [-0.2, 0) is 0 Å². The summed E-state index contributed by atoms with van der Waals surface area (Å²) in [5, 5.41) is 14.7. The van der Waals surface area contributed by atoms with Gasteiger partial charge in [-0.2, -0.15) is 0 Å². The van der Waals surface area contributed by atoms with E-state index < -0.39 is 0 Å². The summed E-state index contributed by atoms with van der Waals surface area (Å²) in [6.45, 7) is 12.3. The van der Waals surface area contributed by atoms with Crippen molar-refractivity contribution in [1.29, 1.82) is 0 Å². The lowest BCUT2D eigenvalue weighted by molar-refractivity contribution is 0.0947. The Morgan fingerprint density at radius 2 is 2.00 bits per heavy atom. The van der Waals surface area contributed by atoms with Crippen molar-refractivity contribution < 1.29 is 4.79 Å². The maximum absolute atomic E-state index is 12.3. The number of aromatic nitrogens is 3. The quantitative estimate of drug-likeness (QED) is 0.666. The van der Waals surface area contributed by atoms with E-state index in [1.165, 1.54) is 0 Å². The van der Waals surface area contributed by atoms with E-state index in [1.54, 1.807) is 0 Å². The summed E-state index contributed by atoms with van der Waals surface area (Å²) in [6, 6.07) is 0.356. The van der Waals surface area contributed by atoms with Crippen LogP contribution in [0.3, 0.4) is 0 Å². The number of nitrogens with zero attached hydrogens (tertiary/aromatic N) is 4. The number of carbonyl (C=O) groups excluding carboxylic acids is 1. The van der Waals surface area contributed by atoms with Crippen LogP contribution in [0.4, 0.5) is 0 Å². The Labute approximate surface area is 145 Å². The first-order chi connectivity index (χ1) is 11.7. The fourth-order valence-electron chi connectivity index (χ4n) is 3.23. The molecule has 7 nitrogen and oxygen atoms in total. The van der Waals surface area contributed by atoms with Crippen molar-refractivity contribution in [2.75, 3.05) is 39.3 Å². The highest BCUT2D eigenvalue weighted by molar-refractivity contribution is 5.93. The number of rotatable bonds is 9. The van der Waals surface area contributed by atoms with Crippen LogP contribution in [0.2, 0.25) is 0 Å². The first-order valence-electron chi connectivity index (χ1n) is 9.30. The molecule has 0 radical (unpaired) electrons. The zero-order valence-corrected chi connectivity index (χ0v) is 15.3. The molecule has 1 aliphatic heterocycles. The lowest BCUT2D eigenvalue weighted by Crippen LogP contribution is -2.30. The highest BCUT2D eigenvalue weighted by atomic mass is 16.2. The van der Waals surface area contributed by atoms with E-state index in [9.17, 15) is 4.79 Å². The Bertz CT molecular complexity index is 505. The lowest BCUT2D eigenvalue weighted by atomic mass is 10.1. The predicted molar refractivity (Wildman–Crippen MR) is 95.3 cm³/mol. The zero-order chi connectivity index (χ0) is 17.4. The second-order valence-corrected chi connectivity index (χ2v) is 6.44. The molecule has 0 unspecified atom stereocenters. The maximum Gasteiger partial charge on any atom is 0.273 e. The molecule has 1 fully saturated rings. The van der Waals surface area contributed by atoms with Gasteiger partial charge in [0.05, 0.1) is 11.7 Å². The van der Waals surface area contributed by atoms with Gasteiger partial charge in [-0.15, -0.1) is 5.10 Å². The van der Waals surface area contributed by atoms with E-state index in [0.29, 0.717) is 18.3 Å². The lowest BCUT2D eigenvalue weighted by Gasteiger charge is -2.23. The Morgan fingerprint density at radius 1 is 1.29 bits per heavy atom. The van der Waals surface area contributed by atoms with Gasteiger partial charge in [0.15, 0.2) is 5.69 Å². The van der Waals surface area contributed by atoms with Crippen LogP contribution in [-0.4, -0.2) is 65.1 Å². The summed E-state index contributed by atoms with van der Waals surface area (Å²) in [4.78, 5) is 14.7. The summed E-state index contributed by atoms with van der Waals surface area (Å²) in [5.41, 5.74) is 1.35. The number of nitrogens with one attached hydrogen (secondary N) is 2. The first kappa shape index (κ1) is 18.9. The molecule has 0 aromatic carbocycles. The van der Waals surface area contributed by atoms with E-state index in [1.807, 2.05) is 11.6 Å². The summed E-state index contributed by atoms with van der Waals surface area (Å²) < 4.78 is 1.93. The number of amides is 1. The molecule has 0 bridgehead atoms. The summed E-state index contributed by atoms with van der Waals surface area (Å²) in [6.07, 6.45) is 4.17. The van der Waals surface area contributed by atoms with E-state index in [0.717, 1.165) is 64.1 Å². The van der Waals surface area contributed by atoms with Crippen LogP contribution in [0.25, 0.3) is 0 Å². The van der Waals surface area contributed by atoms with Crippen LogP contribution < -0.4 is 10.6 Å². The van der Waals surface area contributed by atoms with Crippen LogP contribution in [0.1, 0.15) is 61.8 Å². The smallest absolute Gasteiger partial charge is 0.273 e. The van der Waals surface area contributed by atoms with Gasteiger partial charge in [0.2, 0.25) is 0 Å². The van der Waals surface area contributed by atoms with Gasteiger partial charge in [0.1, 0.15) is 0 Å². The number of hydrogen-bond donors (Lipinski definition) is 2. The fraction of sp³-hybridized carbons (Fsp3) is 0.824. The fourth-order valence-corrected chi connectivity index (χ4v) is 3.23. The average Bonchev–Trinajstić information content (AvgIpc) is 3.00. The Kier molecular flexibility index (Phi) is 7.65. The van der Waals surface area contributed by atoms with Crippen molar-refractivity contribution in [3.8, 4) is 0 Å². The van der Waals surface area contributed by atoms with Crippen molar-refractivity contribution >= 4 is 5.91 Å². The molecule has 7 heteroatoms. The predicted octanol–water partition coefficient (Wildman–Crippen LogP) is 1.36. The summed E-state index contributed by atoms with van der Waals surface area (Å²) >= 11 is 0. The molecular formula is C17H32N6O. The molecule has 0 saturated carbocycles. The van der Waals surface area contributed by atoms with Gasteiger partial charge in [-0.3, -0.25) is 4.79 Å². The normalized spacial score (nSPS) is 15.8. The minimum absolute atomic E-state index is 0.101. The number of carbonyl (C=O) groups is 1. The van der Waals surface area contributed by atoms with Gasteiger partial charge in [-0.25, -0.2) is 4.68 Å². The van der Waals surface area contributed by atoms with Gasteiger partial charge in [-0.05, 0) is 65.3 Å². The molecule has 24 heavy (non-hydrogen) atoms. The molecule has 136 valence electrons. The van der Waals surface area contributed by atoms with Crippen LogP contribution >= 0.6 is 0 Å². The highest BCUT2D eigenvalue weighted by Gasteiger charge is 2.22. The van der Waals surface area contributed by atoms with Crippen molar-refractivity contribution in [1.82, 2.24) is 30.5 Å². The van der Waals surface area contributed by atoms with Gasteiger partial charge in [0, 0.05) is 6.54 Å². The van der Waals surface area contributed by atoms with E-state index in [-0.39, 0.29) is 5.91 Å². The number of unbranched alkanes of at least 4 members (excludes halogenated alkanes) is 1. The average molecular weight is 336 g/mol. The van der Waals surface area contributed by atoms with E-state index >= 15 is 0 Å². The van der Waals surface area contributed by atoms with Gasteiger partial charge < -0.3 is 15.5 Å². The molecule has 0 spiro atoms. The van der Waals surface area contributed by atoms with Crippen molar-refractivity contribution in [2.24, 2.45) is 0 Å². The third kappa shape index (κ3) is 5.01. The molecule has 1 saturated heterocycles. The standard InChI is InChI=1S/C17H32N6O/c1-4-22(5-2)13-7-6-10-19-17(24)16-14(3)23(21-20-16)15-8-11-18-12-9-15/h15,18H,4-13H2,1-3H3,(H,19,24). The van der Waals surface area contributed by atoms with Crippen molar-refractivity contribution in [3.05, 3.63) is 11.4 Å². The summed E-state index contributed by atoms with van der Waals surface area (Å²) in [7, 11) is 0. The van der Waals surface area contributed by atoms with Crippen molar-refractivity contribution in [3.63, 3.8) is 0 Å². The molecule has 2 heterocycles. The molecule has 1 aliphatic rings. The maximum atomic E-state index is 12.3. The molecule has 0 atom stereocenters. The largest absolute Gasteiger partial charge is 0.351 e. The zero-order valence-electron chi connectivity index (χ0n) is 15.3. The van der Waals surface area contributed by atoms with Gasteiger partial charge in [-0.1, -0.05) is 19.1 Å². The summed E-state index contributed by atoms with van der Waals surface area (Å²) in [5.74, 6) is -0.101. The van der Waals surface area contributed by atoms with Crippen LogP contribution in [0, 0.1) is 6.92 Å². The Hall–Kier alpha value is -1.47. The molecule has 1 amide bonds. The minimum Gasteiger partial charge on any atom is -0.351 e. The molecular weight excluding hydrogens is 304 g/mol. The van der Waals surface area contributed by atoms with E-state index in [2.05, 4.69) is 39.7 Å². The number of hydrogen-bond acceptors (Lipinski definition) is 5. The SMILES string of the molecule is CCN(CC)CCCCNC(=O)c1nnn(C2CCNCC2)c1C. The van der Waals surface area contributed by atoms with Gasteiger partial charge in [0.25, 0.3) is 5.91 Å². The van der Waals surface area contributed by atoms with Crippen LogP contribution in [0.15, 0.2) is 0 Å². The Balaban J connectivity index is 1.77. The third-order valence-corrected chi connectivity index (χ3v) is 4.88. The monoisotopic (exact) mass is 336 g/mol. The second kappa shape index (κ2) is 9.74. The third-order valence-electron chi connectivity index (χ3n) is 4.88. The first-order valence-corrected chi connectivity index (χ1v) is 9.30. The van der Waals surface area contributed by atoms with Gasteiger partial charge >= 0.3 is 0 Å². The second-order valence-electron chi connectivity index (χ2n) is 6.44. The van der Waals surface area contributed by atoms with E-state index in [4.69, 9.17) is 0 Å². The van der Waals surface area contributed by atoms with Crippen LogP contribution in [0.5, 0.6) is 0 Å².